The van der Waals surface area contributed by atoms with Gasteiger partial charge in [-0.05, 0) is 43.7 Å². The molecule has 0 spiro atoms. The highest BCUT2D eigenvalue weighted by atomic mass is 16.5. The van der Waals surface area contributed by atoms with Crippen LogP contribution in [0.3, 0.4) is 0 Å². The van der Waals surface area contributed by atoms with E-state index in [0.717, 1.165) is 35.7 Å². The van der Waals surface area contributed by atoms with Gasteiger partial charge >= 0.3 is 0 Å². The van der Waals surface area contributed by atoms with E-state index in [0.29, 0.717) is 18.8 Å². The standard InChI is InChI=1S/C24H26N4O2/c1-17-6-8-19(9-7-17)18(2)25-24(29)21-5-3-4-20(16-21)22-10-11-23(27-26-22)28-12-14-30-15-13-28/h3-11,16,18H,12-15H2,1-2H3,(H,25,29). The van der Waals surface area contributed by atoms with E-state index in [-0.39, 0.29) is 11.9 Å². The van der Waals surface area contributed by atoms with Crippen molar-refractivity contribution in [1.29, 1.82) is 0 Å². The van der Waals surface area contributed by atoms with Crippen molar-refractivity contribution < 1.29 is 9.53 Å². The minimum absolute atomic E-state index is 0.0747. The number of anilines is 1. The van der Waals surface area contributed by atoms with Gasteiger partial charge in [0.1, 0.15) is 0 Å². The van der Waals surface area contributed by atoms with Crippen LogP contribution in [-0.2, 0) is 4.74 Å². The lowest BCUT2D eigenvalue weighted by Crippen LogP contribution is -2.36. The molecule has 1 atom stereocenters. The van der Waals surface area contributed by atoms with Gasteiger partial charge in [0, 0.05) is 24.2 Å². The van der Waals surface area contributed by atoms with Gasteiger partial charge in [-0.1, -0.05) is 42.0 Å². The van der Waals surface area contributed by atoms with Crippen molar-refractivity contribution in [1.82, 2.24) is 15.5 Å². The quantitative estimate of drug-likeness (QED) is 0.704. The third-order valence-corrected chi connectivity index (χ3v) is 5.33. The molecule has 1 fully saturated rings. The number of benzene rings is 2. The van der Waals surface area contributed by atoms with E-state index in [1.165, 1.54) is 5.56 Å². The molecular formula is C24H26N4O2. The first kappa shape index (κ1) is 20.0. The average molecular weight is 402 g/mol. The summed E-state index contributed by atoms with van der Waals surface area (Å²) >= 11 is 0. The van der Waals surface area contributed by atoms with Gasteiger partial charge in [-0.3, -0.25) is 4.79 Å². The monoisotopic (exact) mass is 402 g/mol. The van der Waals surface area contributed by atoms with Crippen molar-refractivity contribution in [3.8, 4) is 11.3 Å². The maximum atomic E-state index is 12.8. The van der Waals surface area contributed by atoms with E-state index >= 15 is 0 Å². The van der Waals surface area contributed by atoms with E-state index in [1.54, 1.807) is 0 Å². The fourth-order valence-corrected chi connectivity index (χ4v) is 3.48. The molecule has 154 valence electrons. The molecule has 1 N–H and O–H groups in total. The van der Waals surface area contributed by atoms with Crippen LogP contribution in [-0.4, -0.2) is 42.4 Å². The van der Waals surface area contributed by atoms with Crippen LogP contribution in [0.1, 0.15) is 34.5 Å². The number of aromatic nitrogens is 2. The normalized spacial score (nSPS) is 14.9. The summed E-state index contributed by atoms with van der Waals surface area (Å²) in [4.78, 5) is 14.9. The number of rotatable bonds is 5. The molecule has 1 aliphatic rings. The Hall–Kier alpha value is -3.25. The SMILES string of the molecule is Cc1ccc(C(C)NC(=O)c2cccc(-c3ccc(N4CCOCC4)nn3)c2)cc1. The van der Waals surface area contributed by atoms with Crippen molar-refractivity contribution in [3.63, 3.8) is 0 Å². The van der Waals surface area contributed by atoms with Crippen molar-refractivity contribution >= 4 is 11.7 Å². The zero-order valence-corrected chi connectivity index (χ0v) is 17.3. The van der Waals surface area contributed by atoms with Crippen molar-refractivity contribution in [2.75, 3.05) is 31.2 Å². The molecule has 0 bridgehead atoms. The van der Waals surface area contributed by atoms with Crippen LogP contribution in [0.4, 0.5) is 5.82 Å². The summed E-state index contributed by atoms with van der Waals surface area (Å²) in [6, 6.07) is 19.5. The molecule has 4 rings (SSSR count). The fourth-order valence-electron chi connectivity index (χ4n) is 3.48. The first-order chi connectivity index (χ1) is 14.6. The Morgan fingerprint density at radius 2 is 1.80 bits per heavy atom. The van der Waals surface area contributed by atoms with E-state index in [9.17, 15) is 4.79 Å². The number of amides is 1. The average Bonchev–Trinajstić information content (AvgIpc) is 2.80. The van der Waals surface area contributed by atoms with Gasteiger partial charge in [-0.25, -0.2) is 0 Å². The number of morpholine rings is 1. The van der Waals surface area contributed by atoms with Crippen LogP contribution in [0.25, 0.3) is 11.3 Å². The lowest BCUT2D eigenvalue weighted by Gasteiger charge is -2.27. The topological polar surface area (TPSA) is 67.4 Å². The second-order valence-electron chi connectivity index (χ2n) is 7.56. The molecule has 1 unspecified atom stereocenters. The molecule has 2 aromatic carbocycles. The second-order valence-corrected chi connectivity index (χ2v) is 7.56. The number of nitrogens with one attached hydrogen (secondary N) is 1. The molecule has 0 aliphatic carbocycles. The Labute approximate surface area is 176 Å². The van der Waals surface area contributed by atoms with E-state index < -0.39 is 0 Å². The van der Waals surface area contributed by atoms with Gasteiger partial charge in [-0.2, -0.15) is 0 Å². The van der Waals surface area contributed by atoms with Crippen molar-refractivity contribution in [2.24, 2.45) is 0 Å². The molecule has 6 heteroatoms. The molecule has 1 saturated heterocycles. The number of hydrogen-bond donors (Lipinski definition) is 1. The predicted octanol–water partition coefficient (Wildman–Crippen LogP) is 3.78. The molecule has 6 nitrogen and oxygen atoms in total. The molecule has 0 radical (unpaired) electrons. The van der Waals surface area contributed by atoms with Crippen LogP contribution in [0.2, 0.25) is 0 Å². The van der Waals surface area contributed by atoms with E-state index in [4.69, 9.17) is 4.74 Å². The van der Waals surface area contributed by atoms with Gasteiger partial charge in [0.25, 0.3) is 5.91 Å². The molecule has 3 aromatic rings. The number of nitrogens with zero attached hydrogens (tertiary/aromatic N) is 3. The summed E-state index contributed by atoms with van der Waals surface area (Å²) in [5, 5.41) is 11.8. The highest BCUT2D eigenvalue weighted by molar-refractivity contribution is 5.95. The summed E-state index contributed by atoms with van der Waals surface area (Å²) < 4.78 is 5.38. The summed E-state index contributed by atoms with van der Waals surface area (Å²) in [6.45, 7) is 7.10. The summed E-state index contributed by atoms with van der Waals surface area (Å²) in [7, 11) is 0. The Bertz CT molecular complexity index is 996. The van der Waals surface area contributed by atoms with Crippen LogP contribution in [0.15, 0.2) is 60.7 Å². The third-order valence-electron chi connectivity index (χ3n) is 5.33. The van der Waals surface area contributed by atoms with Crippen molar-refractivity contribution in [2.45, 2.75) is 19.9 Å². The number of carbonyl (C=O) groups is 1. The zero-order valence-electron chi connectivity index (χ0n) is 17.3. The van der Waals surface area contributed by atoms with Gasteiger partial charge in [0.05, 0.1) is 24.9 Å². The largest absolute Gasteiger partial charge is 0.378 e. The van der Waals surface area contributed by atoms with E-state index in [1.807, 2.05) is 55.5 Å². The Balaban J connectivity index is 1.46. The van der Waals surface area contributed by atoms with Gasteiger partial charge < -0.3 is 15.0 Å². The third kappa shape index (κ3) is 4.66. The molecule has 30 heavy (non-hydrogen) atoms. The number of hydrogen-bond acceptors (Lipinski definition) is 5. The maximum absolute atomic E-state index is 12.8. The zero-order chi connectivity index (χ0) is 20.9. The molecule has 1 amide bonds. The smallest absolute Gasteiger partial charge is 0.251 e. The molecule has 2 heterocycles. The number of carbonyl (C=O) groups excluding carboxylic acids is 1. The van der Waals surface area contributed by atoms with Gasteiger partial charge in [-0.15, -0.1) is 10.2 Å². The van der Waals surface area contributed by atoms with Gasteiger partial charge in [0.2, 0.25) is 0 Å². The lowest BCUT2D eigenvalue weighted by atomic mass is 10.0. The van der Waals surface area contributed by atoms with Crippen LogP contribution in [0.5, 0.6) is 0 Å². The van der Waals surface area contributed by atoms with Crippen LogP contribution in [0, 0.1) is 6.92 Å². The number of aryl methyl sites for hydroxylation is 1. The number of ether oxygens (including phenoxy) is 1. The maximum Gasteiger partial charge on any atom is 0.251 e. The minimum atomic E-state index is -0.108. The Morgan fingerprint density at radius 1 is 1.03 bits per heavy atom. The van der Waals surface area contributed by atoms with Crippen LogP contribution < -0.4 is 10.2 Å². The lowest BCUT2D eigenvalue weighted by molar-refractivity contribution is 0.0940. The van der Waals surface area contributed by atoms with E-state index in [2.05, 4.69) is 39.5 Å². The minimum Gasteiger partial charge on any atom is -0.378 e. The Kier molecular flexibility index (Phi) is 6.05. The predicted molar refractivity (Wildman–Crippen MR) is 118 cm³/mol. The summed E-state index contributed by atoms with van der Waals surface area (Å²) in [6.07, 6.45) is 0. The van der Waals surface area contributed by atoms with Crippen molar-refractivity contribution in [3.05, 3.63) is 77.4 Å². The first-order valence-corrected chi connectivity index (χ1v) is 10.2. The first-order valence-electron chi connectivity index (χ1n) is 10.2. The highest BCUT2D eigenvalue weighted by Crippen LogP contribution is 2.21. The fraction of sp³-hybridized carbons (Fsp3) is 0.292. The second kappa shape index (κ2) is 9.05. The molecule has 0 saturated carbocycles. The molecular weight excluding hydrogens is 376 g/mol. The summed E-state index contributed by atoms with van der Waals surface area (Å²) in [5.74, 6) is 0.741. The molecule has 1 aliphatic heterocycles. The Morgan fingerprint density at radius 3 is 2.50 bits per heavy atom. The summed E-state index contributed by atoms with van der Waals surface area (Å²) in [5.41, 5.74) is 4.49. The molecule has 1 aromatic heterocycles. The van der Waals surface area contributed by atoms with Crippen LogP contribution >= 0.6 is 0 Å². The highest BCUT2D eigenvalue weighted by Gasteiger charge is 2.15. The van der Waals surface area contributed by atoms with Gasteiger partial charge in [0.15, 0.2) is 5.82 Å².